The zero-order valence-electron chi connectivity index (χ0n) is 12.0. The molecule has 0 aromatic heterocycles. The molecule has 0 N–H and O–H groups in total. The summed E-state index contributed by atoms with van der Waals surface area (Å²) in [7, 11) is 0. The van der Waals surface area contributed by atoms with Gasteiger partial charge in [-0.1, -0.05) is 81.5 Å². The van der Waals surface area contributed by atoms with Gasteiger partial charge in [0.05, 0.1) is 0 Å². The molecule has 0 aliphatic carbocycles. The molecule has 0 atom stereocenters. The van der Waals surface area contributed by atoms with Crippen molar-refractivity contribution in [2.75, 3.05) is 0 Å². The van der Waals surface area contributed by atoms with Gasteiger partial charge in [-0.25, -0.2) is 0 Å². The molecule has 0 amide bonds. The summed E-state index contributed by atoms with van der Waals surface area (Å²) in [6.45, 7) is 6.48. The van der Waals surface area contributed by atoms with Crippen molar-refractivity contribution in [3.8, 4) is 0 Å². The van der Waals surface area contributed by atoms with Crippen molar-refractivity contribution in [1.82, 2.24) is 0 Å². The average molecular weight is 282 g/mol. The summed E-state index contributed by atoms with van der Waals surface area (Å²) in [4.78, 5) is 12.4. The van der Waals surface area contributed by atoms with E-state index in [2.05, 4.69) is 20.8 Å². The third kappa shape index (κ3) is 3.20. The van der Waals surface area contributed by atoms with Crippen LogP contribution < -0.4 is 0 Å². The molecule has 0 heterocycles. The number of ketones is 1. The maximum atomic E-state index is 12.4. The molecule has 0 bridgehead atoms. The van der Waals surface area contributed by atoms with E-state index in [1.807, 2.05) is 48.5 Å². The van der Waals surface area contributed by atoms with Crippen molar-refractivity contribution in [2.24, 2.45) is 0 Å². The largest absolute Gasteiger partial charge is 0.289 e. The van der Waals surface area contributed by atoms with Gasteiger partial charge in [0.15, 0.2) is 5.78 Å². The van der Waals surface area contributed by atoms with E-state index < -0.39 is 0 Å². The fraction of sp³-hybridized carbons (Fsp3) is 0.222. The Morgan fingerprint density at radius 2 is 1.35 bits per heavy atom. The lowest BCUT2D eigenvalue weighted by Gasteiger charge is -2.19. The normalized spacial score (nSPS) is 11.2. The zero-order chi connectivity index (χ0) is 14.8. The van der Waals surface area contributed by atoms with Crippen molar-refractivity contribution in [1.29, 1.82) is 0 Å². The molecule has 0 spiro atoms. The van der Waals surface area contributed by atoms with E-state index in [1.54, 1.807) is 5.37 Å². The summed E-state index contributed by atoms with van der Waals surface area (Å²) < 4.78 is 0. The van der Waals surface area contributed by atoms with Crippen LogP contribution >= 0.6 is 12.2 Å². The van der Waals surface area contributed by atoms with Gasteiger partial charge >= 0.3 is 0 Å². The molecule has 2 aromatic rings. The molecule has 20 heavy (non-hydrogen) atoms. The van der Waals surface area contributed by atoms with Crippen LogP contribution in [0.4, 0.5) is 0 Å². The molecule has 102 valence electrons. The summed E-state index contributed by atoms with van der Waals surface area (Å²) in [5.41, 5.74) is 3.68. The maximum absolute atomic E-state index is 12.4. The van der Waals surface area contributed by atoms with Gasteiger partial charge in [-0.2, -0.15) is 0 Å². The summed E-state index contributed by atoms with van der Waals surface area (Å²) >= 11 is 4.86. The van der Waals surface area contributed by atoms with Crippen LogP contribution in [0.2, 0.25) is 0 Å². The van der Waals surface area contributed by atoms with E-state index >= 15 is 0 Å². The highest BCUT2D eigenvalue weighted by atomic mass is 32.1. The minimum atomic E-state index is 0.0429. The lowest BCUT2D eigenvalue weighted by Crippen LogP contribution is -2.11. The molecule has 2 heteroatoms. The molecule has 0 aliphatic heterocycles. The number of thiocarbonyl (C=S) groups is 1. The van der Waals surface area contributed by atoms with E-state index in [0.29, 0.717) is 11.1 Å². The van der Waals surface area contributed by atoms with Crippen LogP contribution in [0.15, 0.2) is 48.5 Å². The molecule has 0 aliphatic rings. The van der Waals surface area contributed by atoms with Crippen LogP contribution in [0.25, 0.3) is 0 Å². The Morgan fingerprint density at radius 1 is 0.900 bits per heavy atom. The Balaban J connectivity index is 2.26. The number of carbonyl (C=O) groups is 1. The van der Waals surface area contributed by atoms with E-state index in [0.717, 1.165) is 5.56 Å². The molecule has 0 saturated heterocycles. The molecule has 0 radical (unpaired) electrons. The first kappa shape index (κ1) is 14.6. The lowest BCUT2D eigenvalue weighted by molar-refractivity contribution is 0.103. The van der Waals surface area contributed by atoms with Gasteiger partial charge < -0.3 is 0 Å². The van der Waals surface area contributed by atoms with E-state index in [4.69, 9.17) is 12.2 Å². The fourth-order valence-corrected chi connectivity index (χ4v) is 2.16. The highest BCUT2D eigenvalue weighted by molar-refractivity contribution is 7.79. The number of benzene rings is 2. The first-order valence-corrected chi connectivity index (χ1v) is 7.09. The van der Waals surface area contributed by atoms with Crippen molar-refractivity contribution in [3.63, 3.8) is 0 Å². The van der Waals surface area contributed by atoms with Crippen LogP contribution in [0.1, 0.15) is 47.8 Å². The van der Waals surface area contributed by atoms with E-state index in [1.165, 1.54) is 5.56 Å². The quantitative estimate of drug-likeness (QED) is 0.606. The number of hydrogen-bond acceptors (Lipinski definition) is 2. The average Bonchev–Trinajstić information content (AvgIpc) is 2.46. The van der Waals surface area contributed by atoms with E-state index in [9.17, 15) is 4.79 Å². The Bertz CT molecular complexity index is 616. The number of rotatable bonds is 3. The fourth-order valence-electron chi connectivity index (χ4n) is 2.00. The summed E-state index contributed by atoms with van der Waals surface area (Å²) in [5.74, 6) is 0.0429. The van der Waals surface area contributed by atoms with Crippen molar-refractivity contribution in [3.05, 3.63) is 70.8 Å². The first-order valence-electron chi connectivity index (χ1n) is 6.62. The third-order valence-electron chi connectivity index (χ3n) is 3.32. The van der Waals surface area contributed by atoms with Crippen molar-refractivity contribution in [2.45, 2.75) is 26.2 Å². The highest BCUT2D eigenvalue weighted by Crippen LogP contribution is 2.23. The van der Waals surface area contributed by atoms with E-state index in [-0.39, 0.29) is 11.2 Å². The SMILES string of the molecule is CC(C)(C)c1ccc(C(=O)c2ccc(C=S)cc2)cc1. The molecule has 0 unspecified atom stereocenters. The minimum absolute atomic E-state index is 0.0429. The van der Waals surface area contributed by atoms with Crippen LogP contribution in [0.5, 0.6) is 0 Å². The first-order chi connectivity index (χ1) is 9.41. The maximum Gasteiger partial charge on any atom is 0.193 e. The Hall–Kier alpha value is -1.80. The monoisotopic (exact) mass is 282 g/mol. The van der Waals surface area contributed by atoms with Gasteiger partial charge in [0.2, 0.25) is 0 Å². The van der Waals surface area contributed by atoms with Crippen LogP contribution in [0, 0.1) is 0 Å². The topological polar surface area (TPSA) is 17.1 Å². The second-order valence-electron chi connectivity index (χ2n) is 5.90. The van der Waals surface area contributed by atoms with Gasteiger partial charge in [0, 0.05) is 16.5 Å². The Kier molecular flexibility index (Phi) is 4.15. The van der Waals surface area contributed by atoms with Gasteiger partial charge in [0.1, 0.15) is 0 Å². The lowest BCUT2D eigenvalue weighted by atomic mass is 9.86. The van der Waals surface area contributed by atoms with Gasteiger partial charge in [0.25, 0.3) is 0 Å². The summed E-state index contributed by atoms with van der Waals surface area (Å²) in [6.07, 6.45) is 0. The van der Waals surface area contributed by atoms with Gasteiger partial charge in [-0.3, -0.25) is 4.79 Å². The minimum Gasteiger partial charge on any atom is -0.289 e. The second kappa shape index (κ2) is 5.68. The van der Waals surface area contributed by atoms with Crippen LogP contribution in [0.3, 0.4) is 0 Å². The zero-order valence-corrected chi connectivity index (χ0v) is 12.8. The predicted molar refractivity (Wildman–Crippen MR) is 87.8 cm³/mol. The molecular weight excluding hydrogens is 264 g/mol. The summed E-state index contributed by atoms with van der Waals surface area (Å²) in [5, 5.41) is 1.60. The molecule has 1 nitrogen and oxygen atoms in total. The third-order valence-corrected chi connectivity index (χ3v) is 3.59. The second-order valence-corrected chi connectivity index (χ2v) is 6.13. The number of carbonyl (C=O) groups excluding carboxylic acids is 1. The predicted octanol–water partition coefficient (Wildman–Crippen LogP) is 4.56. The van der Waals surface area contributed by atoms with Crippen LogP contribution in [-0.2, 0) is 5.41 Å². The smallest absolute Gasteiger partial charge is 0.193 e. The van der Waals surface area contributed by atoms with Crippen LogP contribution in [-0.4, -0.2) is 11.2 Å². The Labute approximate surface area is 125 Å². The molecular formula is C18H18OS. The molecule has 2 rings (SSSR count). The standard InChI is InChI=1S/C18H18OS/c1-18(2,3)16-10-8-15(9-11-16)17(19)14-6-4-13(12-20)5-7-14/h4-12H,1-3H3. The molecule has 0 saturated carbocycles. The summed E-state index contributed by atoms with van der Waals surface area (Å²) in [6, 6.07) is 15.2. The molecule has 2 aromatic carbocycles. The molecule has 0 fully saturated rings. The van der Waals surface area contributed by atoms with Crippen molar-refractivity contribution < 1.29 is 4.79 Å². The Morgan fingerprint density at radius 3 is 1.75 bits per heavy atom. The van der Waals surface area contributed by atoms with Crippen molar-refractivity contribution >= 4 is 23.4 Å². The van der Waals surface area contributed by atoms with Gasteiger partial charge in [-0.15, -0.1) is 0 Å². The highest BCUT2D eigenvalue weighted by Gasteiger charge is 2.14. The van der Waals surface area contributed by atoms with Gasteiger partial charge in [-0.05, 0) is 16.5 Å². The number of hydrogen-bond donors (Lipinski definition) is 0.